The maximum Gasteiger partial charge on any atom is 0.243 e. The van der Waals surface area contributed by atoms with Crippen molar-refractivity contribution in [2.75, 3.05) is 27.2 Å². The summed E-state index contributed by atoms with van der Waals surface area (Å²) < 4.78 is 0. The average Bonchev–Trinajstić information content (AvgIpc) is 3.27. The van der Waals surface area contributed by atoms with E-state index in [4.69, 9.17) is 0 Å². The number of benzene rings is 1. The van der Waals surface area contributed by atoms with Crippen LogP contribution in [-0.4, -0.2) is 55.0 Å². The topological polar surface area (TPSA) is 72.5 Å². The number of nitrogens with zero attached hydrogens (tertiary/aromatic N) is 2. The number of carbonyl (C=O) groups excluding carboxylic acids is 1. The van der Waals surface area contributed by atoms with E-state index in [-0.39, 0.29) is 36.4 Å². The van der Waals surface area contributed by atoms with E-state index in [9.17, 15) is 4.79 Å². The third-order valence-electron chi connectivity index (χ3n) is 4.84. The molecule has 6 nitrogen and oxygen atoms in total. The number of hydrogen-bond donors (Lipinski definition) is 3. The second-order valence-electron chi connectivity index (χ2n) is 7.14. The minimum atomic E-state index is 0. The number of hydrogen-bond acceptors (Lipinski definition) is 2. The highest BCUT2D eigenvalue weighted by atomic mass is 127. The molecule has 1 aromatic carbocycles. The molecular formula is C20H30IN5O. The van der Waals surface area contributed by atoms with Gasteiger partial charge in [-0.05, 0) is 30.4 Å². The maximum atomic E-state index is 11.8. The zero-order chi connectivity index (χ0) is 18.4. The molecule has 0 spiro atoms. The van der Waals surface area contributed by atoms with E-state index in [1.807, 2.05) is 6.07 Å². The molecule has 0 aliphatic heterocycles. The Bertz CT molecular complexity index is 732. The lowest BCUT2D eigenvalue weighted by Gasteiger charge is -2.17. The monoisotopic (exact) mass is 483 g/mol. The van der Waals surface area contributed by atoms with E-state index < -0.39 is 0 Å². The summed E-state index contributed by atoms with van der Waals surface area (Å²) in [6.07, 6.45) is 5.74. The molecule has 1 heterocycles. The molecule has 1 aliphatic rings. The van der Waals surface area contributed by atoms with Crippen molar-refractivity contribution in [1.29, 1.82) is 0 Å². The number of para-hydroxylation sites is 1. The van der Waals surface area contributed by atoms with Crippen LogP contribution in [0.15, 0.2) is 35.3 Å². The molecule has 0 saturated heterocycles. The van der Waals surface area contributed by atoms with Crippen molar-refractivity contribution < 1.29 is 4.79 Å². The van der Waals surface area contributed by atoms with Gasteiger partial charge in [-0.25, -0.2) is 4.99 Å². The van der Waals surface area contributed by atoms with Crippen molar-refractivity contribution in [2.45, 2.75) is 38.1 Å². The standard InChI is InChI=1S/C20H29N5O.HI/c1-25(2)19(26)14-22-20(24-16-8-4-5-9-16)21-12-11-17-13-15-7-3-6-10-18(15)23-17;/h3,6-7,10,13,16,23H,4-5,8-9,11-12,14H2,1-2H3,(H2,21,22,24);1H. The maximum absolute atomic E-state index is 11.8. The lowest BCUT2D eigenvalue weighted by atomic mass is 10.2. The van der Waals surface area contributed by atoms with Crippen LogP contribution in [0.5, 0.6) is 0 Å². The molecule has 0 atom stereocenters. The average molecular weight is 483 g/mol. The van der Waals surface area contributed by atoms with E-state index >= 15 is 0 Å². The fourth-order valence-corrected chi connectivity index (χ4v) is 3.29. The van der Waals surface area contributed by atoms with Crippen LogP contribution in [0.4, 0.5) is 0 Å². The van der Waals surface area contributed by atoms with Crippen LogP contribution in [0.1, 0.15) is 31.4 Å². The zero-order valence-corrected chi connectivity index (χ0v) is 18.5. The minimum absolute atomic E-state index is 0. The first-order valence-corrected chi connectivity index (χ1v) is 9.43. The first-order valence-electron chi connectivity index (χ1n) is 9.43. The predicted octanol–water partition coefficient (Wildman–Crippen LogP) is 2.89. The lowest BCUT2D eigenvalue weighted by Crippen LogP contribution is -2.43. The molecule has 1 aromatic heterocycles. The van der Waals surface area contributed by atoms with E-state index in [2.05, 4.69) is 44.9 Å². The van der Waals surface area contributed by atoms with Crippen molar-refractivity contribution in [2.24, 2.45) is 4.99 Å². The molecular weight excluding hydrogens is 453 g/mol. The van der Waals surface area contributed by atoms with Crippen molar-refractivity contribution >= 4 is 46.7 Å². The van der Waals surface area contributed by atoms with Crippen molar-refractivity contribution in [3.05, 3.63) is 36.0 Å². The van der Waals surface area contributed by atoms with E-state index in [0.29, 0.717) is 6.04 Å². The van der Waals surface area contributed by atoms with Crippen molar-refractivity contribution in [3.63, 3.8) is 0 Å². The quantitative estimate of drug-likeness (QED) is 0.336. The Labute approximate surface area is 178 Å². The number of amides is 1. The Morgan fingerprint density at radius 3 is 2.70 bits per heavy atom. The van der Waals surface area contributed by atoms with Gasteiger partial charge in [-0.1, -0.05) is 31.0 Å². The summed E-state index contributed by atoms with van der Waals surface area (Å²) in [5.74, 6) is 0.747. The molecule has 3 N–H and O–H groups in total. The fourth-order valence-electron chi connectivity index (χ4n) is 3.29. The molecule has 1 amide bonds. The van der Waals surface area contributed by atoms with E-state index in [0.717, 1.165) is 24.4 Å². The van der Waals surface area contributed by atoms with Gasteiger partial charge >= 0.3 is 0 Å². The molecule has 27 heavy (non-hydrogen) atoms. The van der Waals surface area contributed by atoms with Crippen LogP contribution in [0, 0.1) is 0 Å². The van der Waals surface area contributed by atoms with Gasteiger partial charge in [-0.15, -0.1) is 24.0 Å². The van der Waals surface area contributed by atoms with Gasteiger partial charge in [0.2, 0.25) is 5.91 Å². The predicted molar refractivity (Wildman–Crippen MR) is 122 cm³/mol. The fraction of sp³-hybridized carbons (Fsp3) is 0.500. The molecule has 0 bridgehead atoms. The Kier molecular flexibility index (Phi) is 8.40. The number of guanidine groups is 1. The normalized spacial score (nSPS) is 14.8. The number of rotatable bonds is 6. The van der Waals surface area contributed by atoms with Crippen LogP contribution in [0.2, 0.25) is 0 Å². The summed E-state index contributed by atoms with van der Waals surface area (Å²) in [7, 11) is 3.51. The molecule has 7 heteroatoms. The number of likely N-dealkylation sites (N-methyl/N-ethyl adjacent to an activating group) is 1. The molecule has 1 aliphatic carbocycles. The number of aliphatic imine (C=N–C) groups is 1. The van der Waals surface area contributed by atoms with Crippen LogP contribution in [0.25, 0.3) is 10.9 Å². The van der Waals surface area contributed by atoms with E-state index in [1.165, 1.54) is 36.8 Å². The smallest absolute Gasteiger partial charge is 0.243 e. The third kappa shape index (κ3) is 6.41. The molecule has 2 aromatic rings. The molecule has 148 valence electrons. The molecule has 3 rings (SSSR count). The Balaban J connectivity index is 0.00000261. The summed E-state index contributed by atoms with van der Waals surface area (Å²) in [4.78, 5) is 21.3. The largest absolute Gasteiger partial charge is 0.358 e. The summed E-state index contributed by atoms with van der Waals surface area (Å²) >= 11 is 0. The zero-order valence-electron chi connectivity index (χ0n) is 16.1. The van der Waals surface area contributed by atoms with Gasteiger partial charge in [0.15, 0.2) is 5.96 Å². The third-order valence-corrected chi connectivity index (χ3v) is 4.84. The van der Waals surface area contributed by atoms with Gasteiger partial charge in [-0.3, -0.25) is 4.79 Å². The van der Waals surface area contributed by atoms with Gasteiger partial charge in [0, 0.05) is 44.3 Å². The molecule has 1 saturated carbocycles. The Morgan fingerprint density at radius 1 is 1.26 bits per heavy atom. The molecule has 0 radical (unpaired) electrons. The summed E-state index contributed by atoms with van der Waals surface area (Å²) in [5.41, 5.74) is 2.36. The number of fused-ring (bicyclic) bond motifs is 1. The van der Waals surface area contributed by atoms with Gasteiger partial charge in [-0.2, -0.15) is 0 Å². The Hall–Kier alpha value is -1.77. The lowest BCUT2D eigenvalue weighted by molar-refractivity contribution is -0.127. The SMILES string of the molecule is CN(C)C(=O)CN=C(NCCc1cc2ccccc2[nH]1)NC1CCCC1.I. The van der Waals surface area contributed by atoms with Crippen LogP contribution < -0.4 is 10.6 Å². The number of aromatic nitrogens is 1. The van der Waals surface area contributed by atoms with E-state index in [1.54, 1.807) is 19.0 Å². The second-order valence-corrected chi connectivity index (χ2v) is 7.14. The number of nitrogens with one attached hydrogen (secondary N) is 3. The van der Waals surface area contributed by atoms with Crippen LogP contribution in [-0.2, 0) is 11.2 Å². The number of carbonyl (C=O) groups is 1. The highest BCUT2D eigenvalue weighted by molar-refractivity contribution is 14.0. The van der Waals surface area contributed by atoms with Gasteiger partial charge in [0.05, 0.1) is 0 Å². The number of halogens is 1. The van der Waals surface area contributed by atoms with Crippen molar-refractivity contribution in [3.8, 4) is 0 Å². The first-order chi connectivity index (χ1) is 12.6. The number of H-pyrrole nitrogens is 1. The van der Waals surface area contributed by atoms with Gasteiger partial charge < -0.3 is 20.5 Å². The van der Waals surface area contributed by atoms with Gasteiger partial charge in [0.1, 0.15) is 6.54 Å². The second kappa shape index (κ2) is 10.5. The highest BCUT2D eigenvalue weighted by Gasteiger charge is 2.16. The van der Waals surface area contributed by atoms with Crippen molar-refractivity contribution in [1.82, 2.24) is 20.5 Å². The minimum Gasteiger partial charge on any atom is -0.358 e. The summed E-state index contributed by atoms with van der Waals surface area (Å²) in [6, 6.07) is 10.9. The number of aromatic amines is 1. The molecule has 1 fully saturated rings. The first kappa shape index (κ1) is 21.5. The van der Waals surface area contributed by atoms with Gasteiger partial charge in [0.25, 0.3) is 0 Å². The highest BCUT2D eigenvalue weighted by Crippen LogP contribution is 2.17. The Morgan fingerprint density at radius 2 is 2.00 bits per heavy atom. The van der Waals surface area contributed by atoms with Crippen LogP contribution in [0.3, 0.4) is 0 Å². The summed E-state index contributed by atoms with van der Waals surface area (Å²) in [5, 5.41) is 8.10. The molecule has 0 unspecified atom stereocenters. The summed E-state index contributed by atoms with van der Waals surface area (Å²) in [6.45, 7) is 0.934. The van der Waals surface area contributed by atoms with Crippen LogP contribution >= 0.6 is 24.0 Å².